The minimum Gasteiger partial charge on any atom is -0.481 e. The molecule has 6 heteroatoms. The van der Waals surface area contributed by atoms with Crippen LogP contribution in [0.5, 0.6) is 0 Å². The minimum absolute atomic E-state index is 0.140. The fourth-order valence-electron chi connectivity index (χ4n) is 2.95. The second-order valence-corrected chi connectivity index (χ2v) is 6.52. The van der Waals surface area contributed by atoms with Crippen LogP contribution in [0.2, 0.25) is 0 Å². The van der Waals surface area contributed by atoms with Gasteiger partial charge in [-0.25, -0.2) is 0 Å². The topological polar surface area (TPSA) is 83.4 Å². The average molecular weight is 339 g/mol. The average Bonchev–Trinajstić information content (AvgIpc) is 3.34. The van der Waals surface area contributed by atoms with Gasteiger partial charge in [0, 0.05) is 11.4 Å². The van der Waals surface area contributed by atoms with E-state index in [1.54, 1.807) is 4.90 Å². The van der Waals surface area contributed by atoms with E-state index in [2.05, 4.69) is 9.97 Å². The first-order chi connectivity index (χ1) is 11.9. The zero-order chi connectivity index (χ0) is 18.0. The van der Waals surface area contributed by atoms with E-state index in [1.165, 1.54) is 0 Å². The highest BCUT2D eigenvalue weighted by Gasteiger charge is 2.49. The van der Waals surface area contributed by atoms with Gasteiger partial charge in [-0.1, -0.05) is 12.1 Å². The normalized spacial score (nSPS) is 18.6. The minimum atomic E-state index is -0.902. The second-order valence-electron chi connectivity index (χ2n) is 6.52. The number of carbonyl (C=O) groups excluding carboxylic acids is 1. The lowest BCUT2D eigenvalue weighted by molar-refractivity contribution is -0.142. The Morgan fingerprint density at radius 1 is 1.00 bits per heavy atom. The van der Waals surface area contributed by atoms with Gasteiger partial charge in [0.15, 0.2) is 0 Å². The van der Waals surface area contributed by atoms with Crippen molar-refractivity contribution in [1.82, 2.24) is 14.9 Å². The first-order valence-electron chi connectivity index (χ1n) is 8.30. The Morgan fingerprint density at radius 2 is 1.52 bits per heavy atom. The van der Waals surface area contributed by atoms with E-state index in [4.69, 9.17) is 5.11 Å². The molecule has 25 heavy (non-hydrogen) atoms. The summed E-state index contributed by atoms with van der Waals surface area (Å²) in [6.45, 7) is 4.50. The largest absolute Gasteiger partial charge is 0.481 e. The van der Waals surface area contributed by atoms with Gasteiger partial charge in [-0.3, -0.25) is 19.6 Å². The number of nitrogens with zero attached hydrogens (tertiary/aromatic N) is 3. The Bertz CT molecular complexity index is 759. The van der Waals surface area contributed by atoms with Crippen molar-refractivity contribution >= 4 is 11.9 Å². The SMILES string of the molecule is Cc1cccc(CN(Cc2cccc(C)n2)C(=O)[C@@H]2C[C@@H]2C(=O)O)n1. The highest BCUT2D eigenvalue weighted by molar-refractivity contribution is 5.89. The van der Waals surface area contributed by atoms with Gasteiger partial charge in [-0.15, -0.1) is 0 Å². The maximum absolute atomic E-state index is 12.8. The number of carbonyl (C=O) groups is 2. The Labute approximate surface area is 146 Å². The lowest BCUT2D eigenvalue weighted by atomic mass is 10.2. The van der Waals surface area contributed by atoms with Crippen molar-refractivity contribution in [3.8, 4) is 0 Å². The standard InChI is InChI=1S/C19H21N3O3/c1-12-5-3-7-14(20-12)10-22(11-15-8-4-6-13(2)21-15)18(23)16-9-17(16)19(24)25/h3-8,16-17H,9-11H2,1-2H3,(H,24,25)/t16-,17+/m1/s1. The Morgan fingerprint density at radius 3 is 1.92 bits per heavy atom. The zero-order valence-electron chi connectivity index (χ0n) is 14.3. The molecule has 2 aromatic rings. The van der Waals surface area contributed by atoms with Crippen molar-refractivity contribution in [3.05, 3.63) is 59.2 Å². The van der Waals surface area contributed by atoms with Gasteiger partial charge in [-0.05, 0) is 44.5 Å². The summed E-state index contributed by atoms with van der Waals surface area (Å²) in [5.74, 6) is -2.04. The van der Waals surface area contributed by atoms with Crippen LogP contribution in [0.4, 0.5) is 0 Å². The van der Waals surface area contributed by atoms with Crippen molar-refractivity contribution in [1.29, 1.82) is 0 Å². The molecule has 2 aromatic heterocycles. The number of carboxylic acids is 1. The number of amides is 1. The summed E-state index contributed by atoms with van der Waals surface area (Å²) in [6.07, 6.45) is 0.410. The maximum Gasteiger partial charge on any atom is 0.307 e. The van der Waals surface area contributed by atoms with E-state index in [-0.39, 0.29) is 5.91 Å². The van der Waals surface area contributed by atoms with Crippen molar-refractivity contribution in [3.63, 3.8) is 0 Å². The third kappa shape index (κ3) is 4.21. The zero-order valence-corrected chi connectivity index (χ0v) is 14.3. The molecule has 130 valence electrons. The molecule has 1 saturated carbocycles. The Balaban J connectivity index is 1.80. The van der Waals surface area contributed by atoms with Crippen LogP contribution in [-0.2, 0) is 22.7 Å². The van der Waals surface area contributed by atoms with Crippen molar-refractivity contribution < 1.29 is 14.7 Å². The van der Waals surface area contributed by atoms with Gasteiger partial charge in [0.05, 0.1) is 36.3 Å². The summed E-state index contributed by atoms with van der Waals surface area (Å²) in [5, 5.41) is 9.11. The van der Waals surface area contributed by atoms with Crippen LogP contribution in [0, 0.1) is 25.7 Å². The second kappa shape index (κ2) is 7.01. The van der Waals surface area contributed by atoms with Gasteiger partial charge in [0.25, 0.3) is 0 Å². The molecule has 0 aliphatic heterocycles. The molecule has 1 N–H and O–H groups in total. The molecule has 2 atom stereocenters. The highest BCUT2D eigenvalue weighted by Crippen LogP contribution is 2.40. The summed E-state index contributed by atoms with van der Waals surface area (Å²) in [6, 6.07) is 11.4. The molecule has 1 amide bonds. The number of carboxylic acid groups (broad SMARTS) is 1. The molecule has 1 aliphatic carbocycles. The predicted octanol–water partition coefficient (Wildman–Crippen LogP) is 2.34. The van der Waals surface area contributed by atoms with Crippen molar-refractivity contribution in [2.75, 3.05) is 0 Å². The van der Waals surface area contributed by atoms with E-state index in [0.717, 1.165) is 22.8 Å². The van der Waals surface area contributed by atoms with Gasteiger partial charge in [0.2, 0.25) is 5.91 Å². The monoisotopic (exact) mass is 339 g/mol. The molecule has 0 radical (unpaired) electrons. The molecule has 0 unspecified atom stereocenters. The molecule has 0 spiro atoms. The molecule has 6 nitrogen and oxygen atoms in total. The number of rotatable bonds is 6. The van der Waals surface area contributed by atoms with Crippen LogP contribution < -0.4 is 0 Å². The maximum atomic E-state index is 12.8. The van der Waals surface area contributed by atoms with Crippen molar-refractivity contribution in [2.24, 2.45) is 11.8 Å². The summed E-state index contributed by atoms with van der Waals surface area (Å²) < 4.78 is 0. The molecule has 0 saturated heterocycles. The first kappa shape index (κ1) is 17.1. The number of hydrogen-bond acceptors (Lipinski definition) is 4. The Hall–Kier alpha value is -2.76. The third-order valence-corrected chi connectivity index (χ3v) is 4.33. The molecule has 3 rings (SSSR count). The summed E-state index contributed by atoms with van der Waals surface area (Å²) in [4.78, 5) is 34.5. The Kier molecular flexibility index (Phi) is 4.79. The van der Waals surface area contributed by atoms with Crippen LogP contribution in [0.3, 0.4) is 0 Å². The van der Waals surface area contributed by atoms with Crippen LogP contribution in [0.25, 0.3) is 0 Å². The predicted molar refractivity (Wildman–Crippen MR) is 91.4 cm³/mol. The highest BCUT2D eigenvalue weighted by atomic mass is 16.4. The number of pyridine rings is 2. The summed E-state index contributed by atoms with van der Waals surface area (Å²) in [5.41, 5.74) is 3.34. The lowest BCUT2D eigenvalue weighted by Crippen LogP contribution is -2.33. The number of aliphatic carboxylic acids is 1. The van der Waals surface area contributed by atoms with Crippen LogP contribution in [0.1, 0.15) is 29.2 Å². The molecule has 1 fully saturated rings. The fraction of sp³-hybridized carbons (Fsp3) is 0.368. The van der Waals surface area contributed by atoms with Gasteiger partial charge < -0.3 is 10.0 Å². The fourth-order valence-corrected chi connectivity index (χ4v) is 2.95. The molecule has 2 heterocycles. The lowest BCUT2D eigenvalue weighted by Gasteiger charge is -2.22. The first-order valence-corrected chi connectivity index (χ1v) is 8.30. The van der Waals surface area contributed by atoms with E-state index in [9.17, 15) is 9.59 Å². The van der Waals surface area contributed by atoms with Gasteiger partial charge in [-0.2, -0.15) is 0 Å². The summed E-state index contributed by atoms with van der Waals surface area (Å²) in [7, 11) is 0. The quantitative estimate of drug-likeness (QED) is 0.873. The van der Waals surface area contributed by atoms with E-state index in [0.29, 0.717) is 19.5 Å². The van der Waals surface area contributed by atoms with Crippen LogP contribution in [-0.4, -0.2) is 31.9 Å². The smallest absolute Gasteiger partial charge is 0.307 e. The summed E-state index contributed by atoms with van der Waals surface area (Å²) >= 11 is 0. The van der Waals surface area contributed by atoms with E-state index >= 15 is 0 Å². The molecule has 1 aliphatic rings. The van der Waals surface area contributed by atoms with Crippen molar-refractivity contribution in [2.45, 2.75) is 33.4 Å². The molecular weight excluding hydrogens is 318 g/mol. The van der Waals surface area contributed by atoms with Gasteiger partial charge >= 0.3 is 5.97 Å². The molecule has 0 bridgehead atoms. The van der Waals surface area contributed by atoms with E-state index < -0.39 is 17.8 Å². The molecular formula is C19H21N3O3. The number of aryl methyl sites for hydroxylation is 2. The van der Waals surface area contributed by atoms with Gasteiger partial charge in [0.1, 0.15) is 0 Å². The van der Waals surface area contributed by atoms with Crippen LogP contribution in [0.15, 0.2) is 36.4 Å². The third-order valence-electron chi connectivity index (χ3n) is 4.33. The van der Waals surface area contributed by atoms with Crippen LogP contribution >= 0.6 is 0 Å². The van der Waals surface area contributed by atoms with E-state index in [1.807, 2.05) is 50.2 Å². The number of hydrogen-bond donors (Lipinski definition) is 1. The number of aromatic nitrogens is 2. The molecule has 0 aromatic carbocycles.